The fourth-order valence-corrected chi connectivity index (χ4v) is 5.01. The van der Waals surface area contributed by atoms with Gasteiger partial charge in [-0.3, -0.25) is 19.4 Å². The number of ether oxygens (including phenoxy) is 1. The Hall–Kier alpha value is -2.90. The second-order valence-corrected chi connectivity index (χ2v) is 9.48. The summed E-state index contributed by atoms with van der Waals surface area (Å²) in [6.45, 7) is 6.77. The topological polar surface area (TPSA) is 56.3 Å². The molecular weight excluding hydrogens is 428 g/mol. The normalized spacial score (nSPS) is 20.1. The monoisotopic (exact) mass is 462 g/mol. The molecule has 0 bridgehead atoms. The van der Waals surface area contributed by atoms with Gasteiger partial charge in [-0.2, -0.15) is 0 Å². The predicted octanol–water partition coefficient (Wildman–Crippen LogP) is 2.93. The third kappa shape index (κ3) is 5.26. The van der Waals surface area contributed by atoms with Crippen LogP contribution in [0.1, 0.15) is 29.6 Å². The van der Waals surface area contributed by atoms with Crippen LogP contribution in [0.3, 0.4) is 0 Å². The van der Waals surface area contributed by atoms with Gasteiger partial charge in [0.15, 0.2) is 0 Å². The molecule has 2 aromatic rings. The Kier molecular flexibility index (Phi) is 7.11. The van der Waals surface area contributed by atoms with Crippen molar-refractivity contribution in [1.82, 2.24) is 19.6 Å². The first-order valence-corrected chi connectivity index (χ1v) is 12.5. The quantitative estimate of drug-likeness (QED) is 0.661. The highest BCUT2D eigenvalue weighted by Gasteiger charge is 2.31. The number of para-hydroxylation sites is 2. The number of hydrogen-bond donors (Lipinski definition) is 0. The van der Waals surface area contributed by atoms with E-state index in [1.165, 1.54) is 19.3 Å². The standard InChI is InChI=1S/C27H34N4O3/c32-26(30-19-17-29(18-20-30)22-7-6-8-22)21-28-13-15-31(16-14-28)27(33)24-11-4-5-12-25(24)34-23-9-2-1-3-10-23/h1-5,9-12,22H,6-8,13-21H2. The van der Waals surface area contributed by atoms with E-state index in [0.29, 0.717) is 49.8 Å². The minimum absolute atomic E-state index is 0.0235. The van der Waals surface area contributed by atoms with Crippen molar-refractivity contribution in [3.05, 3.63) is 60.2 Å². The molecule has 2 amide bonds. The Morgan fingerprint density at radius 2 is 1.41 bits per heavy atom. The van der Waals surface area contributed by atoms with Crippen molar-refractivity contribution in [3.63, 3.8) is 0 Å². The molecular formula is C27H34N4O3. The first kappa shape index (κ1) is 22.9. The molecule has 5 rings (SSSR count). The Labute approximate surface area is 201 Å². The van der Waals surface area contributed by atoms with Crippen LogP contribution < -0.4 is 4.74 Å². The van der Waals surface area contributed by atoms with Crippen LogP contribution >= 0.6 is 0 Å². The highest BCUT2D eigenvalue weighted by atomic mass is 16.5. The van der Waals surface area contributed by atoms with Crippen molar-refractivity contribution in [2.45, 2.75) is 25.3 Å². The van der Waals surface area contributed by atoms with Gasteiger partial charge in [0.1, 0.15) is 11.5 Å². The zero-order chi connectivity index (χ0) is 23.3. The van der Waals surface area contributed by atoms with Gasteiger partial charge in [-0.15, -0.1) is 0 Å². The van der Waals surface area contributed by atoms with Crippen molar-refractivity contribution >= 4 is 11.8 Å². The Balaban J connectivity index is 1.11. The number of carbonyl (C=O) groups excluding carboxylic acids is 2. The molecule has 180 valence electrons. The largest absolute Gasteiger partial charge is 0.457 e. The molecule has 2 aromatic carbocycles. The van der Waals surface area contributed by atoms with Crippen LogP contribution in [0.5, 0.6) is 11.5 Å². The van der Waals surface area contributed by atoms with Gasteiger partial charge in [-0.1, -0.05) is 36.8 Å². The summed E-state index contributed by atoms with van der Waals surface area (Å²) in [5, 5.41) is 0. The summed E-state index contributed by atoms with van der Waals surface area (Å²) in [6, 6.07) is 17.7. The zero-order valence-corrected chi connectivity index (χ0v) is 19.8. The number of amides is 2. The maximum Gasteiger partial charge on any atom is 0.257 e. The lowest BCUT2D eigenvalue weighted by atomic mass is 9.91. The van der Waals surface area contributed by atoms with Crippen LogP contribution in [0.25, 0.3) is 0 Å². The van der Waals surface area contributed by atoms with Crippen molar-refractivity contribution in [2.75, 3.05) is 58.9 Å². The minimum Gasteiger partial charge on any atom is -0.457 e. The fraction of sp³-hybridized carbons (Fsp3) is 0.481. The van der Waals surface area contributed by atoms with E-state index in [9.17, 15) is 9.59 Å². The molecule has 0 unspecified atom stereocenters. The molecule has 3 fully saturated rings. The zero-order valence-electron chi connectivity index (χ0n) is 19.8. The summed E-state index contributed by atoms with van der Waals surface area (Å²) in [5.41, 5.74) is 0.570. The fourth-order valence-electron chi connectivity index (χ4n) is 5.01. The molecule has 0 N–H and O–H groups in total. The Bertz CT molecular complexity index is 978. The predicted molar refractivity (Wildman–Crippen MR) is 131 cm³/mol. The molecule has 0 aromatic heterocycles. The van der Waals surface area contributed by atoms with Gasteiger partial charge in [-0.25, -0.2) is 0 Å². The summed E-state index contributed by atoms with van der Waals surface area (Å²) in [7, 11) is 0. The van der Waals surface area contributed by atoms with Crippen LogP contribution in [-0.4, -0.2) is 96.4 Å². The van der Waals surface area contributed by atoms with E-state index in [1.54, 1.807) is 0 Å². The van der Waals surface area contributed by atoms with E-state index in [-0.39, 0.29) is 11.8 Å². The van der Waals surface area contributed by atoms with Crippen molar-refractivity contribution < 1.29 is 14.3 Å². The van der Waals surface area contributed by atoms with E-state index in [2.05, 4.69) is 9.80 Å². The SMILES string of the molecule is O=C(CN1CCN(C(=O)c2ccccc2Oc2ccccc2)CC1)N1CCN(C2CCC2)CC1. The van der Waals surface area contributed by atoms with Crippen molar-refractivity contribution in [2.24, 2.45) is 0 Å². The Morgan fingerprint density at radius 3 is 2.09 bits per heavy atom. The molecule has 2 heterocycles. The van der Waals surface area contributed by atoms with Gasteiger partial charge >= 0.3 is 0 Å². The van der Waals surface area contributed by atoms with Crippen molar-refractivity contribution in [1.29, 1.82) is 0 Å². The minimum atomic E-state index is -0.0235. The number of nitrogens with zero attached hydrogens (tertiary/aromatic N) is 4. The molecule has 0 spiro atoms. The maximum atomic E-state index is 13.2. The van der Waals surface area contributed by atoms with E-state index < -0.39 is 0 Å². The summed E-state index contributed by atoms with van der Waals surface area (Å²) >= 11 is 0. The molecule has 7 heteroatoms. The third-order valence-electron chi connectivity index (χ3n) is 7.36. The average Bonchev–Trinajstić information content (AvgIpc) is 2.84. The van der Waals surface area contributed by atoms with Crippen LogP contribution in [0.2, 0.25) is 0 Å². The van der Waals surface area contributed by atoms with E-state index in [4.69, 9.17) is 4.74 Å². The highest BCUT2D eigenvalue weighted by molar-refractivity contribution is 5.97. The number of rotatable bonds is 6. The lowest BCUT2D eigenvalue weighted by molar-refractivity contribution is -0.135. The molecule has 7 nitrogen and oxygen atoms in total. The van der Waals surface area contributed by atoms with Gasteiger partial charge in [0.05, 0.1) is 12.1 Å². The Morgan fingerprint density at radius 1 is 0.765 bits per heavy atom. The number of benzene rings is 2. The molecule has 1 saturated carbocycles. The second kappa shape index (κ2) is 10.6. The molecule has 34 heavy (non-hydrogen) atoms. The molecule has 0 atom stereocenters. The molecule has 1 aliphatic carbocycles. The lowest BCUT2D eigenvalue weighted by Crippen LogP contribution is -2.56. The van der Waals surface area contributed by atoms with Gasteiger partial charge in [-0.05, 0) is 37.1 Å². The summed E-state index contributed by atoms with van der Waals surface area (Å²) in [5.74, 6) is 1.47. The molecule has 2 saturated heterocycles. The number of hydrogen-bond acceptors (Lipinski definition) is 5. The van der Waals surface area contributed by atoms with E-state index in [1.807, 2.05) is 64.4 Å². The van der Waals surface area contributed by atoms with Crippen LogP contribution in [0.15, 0.2) is 54.6 Å². The van der Waals surface area contributed by atoms with Crippen LogP contribution in [0.4, 0.5) is 0 Å². The highest BCUT2D eigenvalue weighted by Crippen LogP contribution is 2.27. The second-order valence-electron chi connectivity index (χ2n) is 9.48. The number of carbonyl (C=O) groups is 2. The molecule has 2 aliphatic heterocycles. The van der Waals surface area contributed by atoms with Gasteiger partial charge in [0.25, 0.3) is 5.91 Å². The molecule has 3 aliphatic rings. The number of piperazine rings is 2. The van der Waals surface area contributed by atoms with Crippen molar-refractivity contribution in [3.8, 4) is 11.5 Å². The first-order valence-electron chi connectivity index (χ1n) is 12.5. The summed E-state index contributed by atoms with van der Waals surface area (Å²) < 4.78 is 5.98. The van der Waals surface area contributed by atoms with Crippen LogP contribution in [0, 0.1) is 0 Å². The average molecular weight is 463 g/mol. The smallest absolute Gasteiger partial charge is 0.257 e. The summed E-state index contributed by atoms with van der Waals surface area (Å²) in [4.78, 5) is 34.7. The summed E-state index contributed by atoms with van der Waals surface area (Å²) in [6.07, 6.45) is 3.99. The van der Waals surface area contributed by atoms with Gasteiger partial charge in [0.2, 0.25) is 5.91 Å². The van der Waals surface area contributed by atoms with Gasteiger partial charge < -0.3 is 14.5 Å². The maximum absolute atomic E-state index is 13.2. The van der Waals surface area contributed by atoms with Crippen LogP contribution in [-0.2, 0) is 4.79 Å². The van der Waals surface area contributed by atoms with E-state index >= 15 is 0 Å². The lowest BCUT2D eigenvalue weighted by Gasteiger charge is -2.43. The first-order chi connectivity index (χ1) is 16.7. The molecule has 0 radical (unpaired) electrons. The van der Waals surface area contributed by atoms with E-state index in [0.717, 1.165) is 32.2 Å². The third-order valence-corrected chi connectivity index (χ3v) is 7.36. The van der Waals surface area contributed by atoms with Gasteiger partial charge in [0, 0.05) is 58.4 Å².